The van der Waals surface area contributed by atoms with Crippen LogP contribution >= 0.6 is 0 Å². The lowest BCUT2D eigenvalue weighted by Crippen LogP contribution is -2.47. The zero-order valence-electron chi connectivity index (χ0n) is 17.8. The third kappa shape index (κ3) is 4.06. The molecular formula is C24H28N6O. The number of likely N-dealkylation sites (N-methyl/N-ethyl adjacent to an activating group) is 1. The molecule has 0 spiro atoms. The summed E-state index contributed by atoms with van der Waals surface area (Å²) in [5.74, 6) is -0.0381. The summed E-state index contributed by atoms with van der Waals surface area (Å²) in [6.07, 6.45) is 5.69. The standard InChI is InChI=1S/C24H28N6O/c1-29-9-11-30(12-10-29)16-22(17-5-3-2-4-6-17)27-24(31)19-13-18-14-26-28-21-7-8-25-15-20(19)23(18)21/h2-8,13-14,22,25-26H,9-12,15-16H2,1H3,(H,27,31)/t22-/m1/s1. The first-order chi connectivity index (χ1) is 15.2. The first-order valence-corrected chi connectivity index (χ1v) is 10.8. The lowest BCUT2D eigenvalue weighted by Gasteiger charge is -2.35. The number of H-pyrrole nitrogens is 1. The Hall–Kier alpha value is -3.16. The van der Waals surface area contributed by atoms with E-state index in [1.807, 2.05) is 42.7 Å². The second-order valence-corrected chi connectivity index (χ2v) is 8.39. The molecule has 0 saturated carbocycles. The van der Waals surface area contributed by atoms with E-state index in [1.165, 1.54) is 0 Å². The third-order valence-electron chi connectivity index (χ3n) is 6.30. The fourth-order valence-corrected chi connectivity index (χ4v) is 4.52. The number of carbonyl (C=O) groups is 1. The fourth-order valence-electron chi connectivity index (χ4n) is 4.52. The molecule has 0 bridgehead atoms. The zero-order chi connectivity index (χ0) is 21.2. The van der Waals surface area contributed by atoms with Gasteiger partial charge in [0.15, 0.2) is 0 Å². The Morgan fingerprint density at radius 1 is 1.19 bits per heavy atom. The molecule has 3 heterocycles. The molecule has 1 aromatic rings. The highest BCUT2D eigenvalue weighted by atomic mass is 16.1. The van der Waals surface area contributed by atoms with Crippen molar-refractivity contribution >= 4 is 12.0 Å². The smallest absolute Gasteiger partial charge is 0.252 e. The monoisotopic (exact) mass is 416 g/mol. The molecule has 1 aliphatic carbocycles. The Labute approximate surface area is 182 Å². The highest BCUT2D eigenvalue weighted by Crippen LogP contribution is 2.35. The van der Waals surface area contributed by atoms with Crippen molar-refractivity contribution in [2.45, 2.75) is 12.6 Å². The lowest BCUT2D eigenvalue weighted by molar-refractivity contribution is 0.0906. The summed E-state index contributed by atoms with van der Waals surface area (Å²) in [5, 5.41) is 13.9. The molecule has 1 amide bonds. The van der Waals surface area contributed by atoms with Crippen LogP contribution in [0.2, 0.25) is 0 Å². The second kappa shape index (κ2) is 8.53. The summed E-state index contributed by atoms with van der Waals surface area (Å²) in [7, 11) is 2.16. The number of aromatic amines is 1. The van der Waals surface area contributed by atoms with Crippen LogP contribution in [0.5, 0.6) is 0 Å². The molecule has 5 rings (SSSR count). The Bertz CT molecular complexity index is 1050. The topological polar surface area (TPSA) is 76.3 Å². The predicted molar refractivity (Wildman–Crippen MR) is 122 cm³/mol. The van der Waals surface area contributed by atoms with Crippen LogP contribution in [0, 0.1) is 0 Å². The lowest BCUT2D eigenvalue weighted by atomic mass is 10.0. The van der Waals surface area contributed by atoms with E-state index in [0.717, 1.165) is 60.7 Å². The van der Waals surface area contributed by atoms with Crippen LogP contribution in [-0.2, 0) is 6.54 Å². The normalized spacial score (nSPS) is 17.8. The van der Waals surface area contributed by atoms with Gasteiger partial charge in [-0.25, -0.2) is 0 Å². The molecule has 1 aromatic carbocycles. The first-order valence-electron chi connectivity index (χ1n) is 10.8. The van der Waals surface area contributed by atoms with Crippen LogP contribution in [0.1, 0.15) is 33.2 Å². The van der Waals surface area contributed by atoms with Gasteiger partial charge in [-0.2, -0.15) is 5.10 Å². The van der Waals surface area contributed by atoms with E-state index in [9.17, 15) is 4.79 Å². The molecule has 3 aliphatic heterocycles. The third-order valence-corrected chi connectivity index (χ3v) is 6.30. The Morgan fingerprint density at radius 2 is 2.00 bits per heavy atom. The average Bonchev–Trinajstić information content (AvgIpc) is 3.03. The molecule has 0 unspecified atom stereocenters. The van der Waals surface area contributed by atoms with Gasteiger partial charge in [0.2, 0.25) is 0 Å². The molecular weight excluding hydrogens is 388 g/mol. The maximum atomic E-state index is 13.5. The van der Waals surface area contributed by atoms with Crippen molar-refractivity contribution in [1.82, 2.24) is 30.6 Å². The average molecular weight is 417 g/mol. The Balaban J connectivity index is 1.43. The minimum Gasteiger partial charge on any atom is -0.387 e. The van der Waals surface area contributed by atoms with E-state index in [1.54, 1.807) is 0 Å². The molecule has 4 aliphatic rings. The van der Waals surface area contributed by atoms with Crippen LogP contribution < -0.4 is 10.6 Å². The number of hydrogen-bond acceptors (Lipinski definition) is 5. The van der Waals surface area contributed by atoms with E-state index in [4.69, 9.17) is 0 Å². The van der Waals surface area contributed by atoms with Gasteiger partial charge in [-0.1, -0.05) is 30.3 Å². The highest BCUT2D eigenvalue weighted by molar-refractivity contribution is 6.01. The van der Waals surface area contributed by atoms with Crippen molar-refractivity contribution in [2.75, 3.05) is 39.8 Å². The van der Waals surface area contributed by atoms with Gasteiger partial charge in [0.05, 0.1) is 11.7 Å². The molecule has 1 saturated heterocycles. The minimum atomic E-state index is -0.0664. The SMILES string of the molecule is CN1CCN(C[C@@H](NC(=O)c2cc3c[nH]nc4c-3c2CNC=C4)c2ccccc2)CC1. The number of piperazine rings is 1. The second-order valence-electron chi connectivity index (χ2n) is 8.39. The van der Waals surface area contributed by atoms with Gasteiger partial charge < -0.3 is 15.5 Å². The van der Waals surface area contributed by atoms with Crippen molar-refractivity contribution < 1.29 is 4.79 Å². The van der Waals surface area contributed by atoms with E-state index >= 15 is 0 Å². The van der Waals surface area contributed by atoms with Gasteiger partial charge in [0.1, 0.15) is 0 Å². The molecule has 31 heavy (non-hydrogen) atoms. The maximum absolute atomic E-state index is 13.5. The van der Waals surface area contributed by atoms with Gasteiger partial charge in [-0.15, -0.1) is 0 Å². The van der Waals surface area contributed by atoms with Gasteiger partial charge in [-0.3, -0.25) is 14.8 Å². The van der Waals surface area contributed by atoms with E-state index < -0.39 is 0 Å². The number of amides is 1. The summed E-state index contributed by atoms with van der Waals surface area (Å²) in [4.78, 5) is 18.3. The van der Waals surface area contributed by atoms with Gasteiger partial charge in [0.25, 0.3) is 5.91 Å². The van der Waals surface area contributed by atoms with Gasteiger partial charge in [-0.05, 0) is 36.5 Å². The fraction of sp³-hybridized carbons (Fsp3) is 0.333. The molecule has 160 valence electrons. The summed E-state index contributed by atoms with van der Waals surface area (Å²) < 4.78 is 0. The predicted octanol–water partition coefficient (Wildman–Crippen LogP) is 2.31. The molecule has 7 heteroatoms. The van der Waals surface area contributed by atoms with Crippen molar-refractivity contribution in [3.8, 4) is 11.1 Å². The van der Waals surface area contributed by atoms with Crippen LogP contribution in [0.15, 0.2) is 48.8 Å². The number of carbonyl (C=O) groups excluding carboxylic acids is 1. The van der Waals surface area contributed by atoms with Crippen LogP contribution in [0.3, 0.4) is 0 Å². The quantitative estimate of drug-likeness (QED) is 0.595. The number of benzene rings is 1. The Morgan fingerprint density at radius 3 is 2.81 bits per heavy atom. The number of hydrogen-bond donors (Lipinski definition) is 3. The van der Waals surface area contributed by atoms with Crippen molar-refractivity contribution in [2.24, 2.45) is 0 Å². The highest BCUT2D eigenvalue weighted by Gasteiger charge is 2.27. The van der Waals surface area contributed by atoms with Crippen molar-refractivity contribution in [1.29, 1.82) is 0 Å². The molecule has 0 aromatic heterocycles. The van der Waals surface area contributed by atoms with Crippen molar-refractivity contribution in [3.63, 3.8) is 0 Å². The van der Waals surface area contributed by atoms with Gasteiger partial charge >= 0.3 is 0 Å². The minimum absolute atomic E-state index is 0.0381. The molecule has 3 N–H and O–H groups in total. The van der Waals surface area contributed by atoms with Crippen LogP contribution in [0.25, 0.3) is 17.2 Å². The molecule has 7 nitrogen and oxygen atoms in total. The summed E-state index contributed by atoms with van der Waals surface area (Å²) in [5.41, 5.74) is 5.75. The first kappa shape index (κ1) is 19.8. The van der Waals surface area contributed by atoms with Crippen LogP contribution in [-0.4, -0.2) is 65.7 Å². The van der Waals surface area contributed by atoms with E-state index in [-0.39, 0.29) is 11.9 Å². The number of rotatable bonds is 5. The summed E-state index contributed by atoms with van der Waals surface area (Å²) in [6.45, 7) is 5.55. The Kier molecular flexibility index (Phi) is 5.44. The van der Waals surface area contributed by atoms with E-state index in [0.29, 0.717) is 12.1 Å². The van der Waals surface area contributed by atoms with Crippen molar-refractivity contribution in [3.05, 3.63) is 71.2 Å². The summed E-state index contributed by atoms with van der Waals surface area (Å²) >= 11 is 0. The molecule has 1 atom stereocenters. The molecule has 1 fully saturated rings. The largest absolute Gasteiger partial charge is 0.387 e. The summed E-state index contributed by atoms with van der Waals surface area (Å²) in [6, 6.07) is 12.2. The zero-order valence-corrected chi connectivity index (χ0v) is 17.8. The van der Waals surface area contributed by atoms with E-state index in [2.05, 4.69) is 49.8 Å². The molecule has 0 radical (unpaired) electrons. The van der Waals surface area contributed by atoms with Gasteiger partial charge in [0, 0.05) is 62.2 Å². The number of nitrogens with zero attached hydrogens (tertiary/aromatic N) is 3. The maximum Gasteiger partial charge on any atom is 0.252 e. The van der Waals surface area contributed by atoms with Crippen LogP contribution in [0.4, 0.5) is 0 Å². The number of aromatic nitrogens is 2. The number of nitrogens with one attached hydrogen (secondary N) is 3.